The number of nitrogens with one attached hydrogen (secondary N) is 6. The number of rotatable bonds is 44. The van der Waals surface area contributed by atoms with Crippen LogP contribution in [0.25, 0.3) is 0 Å². The minimum Gasteiger partial charge on any atom is -0.508 e. The molecule has 5 amide bonds. The van der Waals surface area contributed by atoms with Gasteiger partial charge in [0.2, 0.25) is 11.8 Å². The average molecular weight is 1910 g/mol. The standard InChI is InChI=1S/C34H34N2O6.C23H25NO8.C20H21NO6.C14H14ClNO.C12H16N2O4.CH4O/c37-32(35-22-29-18-10-11-19-31(29)40-23-26-12-4-1-5-13-26)21-20-30(33(38)41-24-27-14-6-2-7-15-27)36-34(39)42-25-28-16-8-3-9-17-28;1-2-29-23(28)32-20(25)14-13-19(21(26)30-15-17-9-5-3-6-10-17)24-22(27)31-16-18-11-7-4-8-12-18;22-18(23)12-11-17(19(24)26-13-15-7-3-1-4-8-15)21-20(25)27-14-16-9-5-2-6-10-16;15-16-10-13-8-4-5-9-14(13)17-11-12-6-2-1-3-7-12;13-9(12(17)18)5-6-11(16)14-7-8-3-1-2-4-10(8)15;1-2/h1-19,30H,20-25H2,(H,35,37)(H,36,39);3-12,19H,2,13-16H2,1H3,(H,24,27);1-10,17H,11-14H2,(H,21,25)(H,22,23);1-9,16H,10-11H2;1-4,9,15H,5-7,13H2,(H,14,16)(H,17,18);2H,1H3. The molecule has 11 aromatic rings. The number of ether oxygens (including phenoxy) is 10. The fourth-order valence-corrected chi connectivity index (χ4v) is 12.0. The number of carbonyl (C=O) groups excluding carboxylic acids is 10. The first-order valence-electron chi connectivity index (χ1n) is 43.7. The van der Waals surface area contributed by atoms with Crippen LogP contribution in [0.3, 0.4) is 0 Å². The zero-order chi connectivity index (χ0) is 99.5. The first-order valence-corrected chi connectivity index (χ1v) is 44.1. The Morgan fingerprint density at radius 1 is 0.326 bits per heavy atom. The lowest BCUT2D eigenvalue weighted by Crippen LogP contribution is -2.42. The molecule has 138 heavy (non-hydrogen) atoms. The molecule has 12 N–H and O–H groups in total. The van der Waals surface area contributed by atoms with Crippen LogP contribution >= 0.6 is 11.8 Å². The summed E-state index contributed by atoms with van der Waals surface area (Å²) in [6.45, 7) is 3.79. The first kappa shape index (κ1) is 111. The van der Waals surface area contributed by atoms with E-state index in [4.69, 9.17) is 70.7 Å². The number of carboxylic acid groups (broad SMARTS) is 2. The molecular formula is C104H114ClN7O26. The zero-order valence-electron chi connectivity index (χ0n) is 76.2. The van der Waals surface area contributed by atoms with Gasteiger partial charge < -0.3 is 100 Å². The molecule has 0 aromatic heterocycles. The highest BCUT2D eigenvalue weighted by molar-refractivity contribution is 6.13. The topological polar surface area (TPSA) is 476 Å². The van der Waals surface area contributed by atoms with Gasteiger partial charge in [-0.15, -0.1) is 0 Å². The molecule has 4 unspecified atom stereocenters. The summed E-state index contributed by atoms with van der Waals surface area (Å²) >= 11 is 5.52. The van der Waals surface area contributed by atoms with E-state index in [0.717, 1.165) is 68.5 Å². The average Bonchev–Trinajstić information content (AvgIpc) is 0.888. The lowest BCUT2D eigenvalue weighted by atomic mass is 10.1. The number of hydrogen-bond acceptors (Lipinski definition) is 26. The number of nitrogens with two attached hydrogens (primary N) is 1. The van der Waals surface area contributed by atoms with E-state index in [9.17, 15) is 62.6 Å². The smallest absolute Gasteiger partial charge is 0.508 e. The van der Waals surface area contributed by atoms with Crippen molar-refractivity contribution in [3.8, 4) is 17.2 Å². The number of amides is 5. The van der Waals surface area contributed by atoms with E-state index in [2.05, 4.69) is 40.9 Å². The molecule has 34 heteroatoms. The summed E-state index contributed by atoms with van der Waals surface area (Å²) in [5.41, 5.74) is 14.7. The third-order valence-corrected chi connectivity index (χ3v) is 19.2. The van der Waals surface area contributed by atoms with Crippen molar-refractivity contribution in [2.75, 3.05) is 13.7 Å². The van der Waals surface area contributed by atoms with Crippen LogP contribution in [0.4, 0.5) is 19.2 Å². The number of hydrogen-bond donors (Lipinski definition) is 11. The summed E-state index contributed by atoms with van der Waals surface area (Å²) in [6, 6.07) is 92.0. The van der Waals surface area contributed by atoms with E-state index >= 15 is 0 Å². The van der Waals surface area contributed by atoms with Crippen molar-refractivity contribution in [1.29, 1.82) is 0 Å². The van der Waals surface area contributed by atoms with Gasteiger partial charge in [-0.1, -0.05) is 297 Å². The summed E-state index contributed by atoms with van der Waals surface area (Å²) in [4.78, 5) is 145. The number of carbonyl (C=O) groups is 12. The van der Waals surface area contributed by atoms with Gasteiger partial charge in [-0.2, -0.15) is 0 Å². The summed E-state index contributed by atoms with van der Waals surface area (Å²) < 4.78 is 52.1. The monoisotopic (exact) mass is 1910 g/mol. The highest BCUT2D eigenvalue weighted by Gasteiger charge is 2.29. The Kier molecular flexibility index (Phi) is 53.3. The van der Waals surface area contributed by atoms with E-state index in [1.807, 2.05) is 218 Å². The third-order valence-electron chi connectivity index (χ3n) is 19.1. The predicted molar refractivity (Wildman–Crippen MR) is 510 cm³/mol. The van der Waals surface area contributed by atoms with Crippen molar-refractivity contribution >= 4 is 83.8 Å². The number of halogens is 1. The van der Waals surface area contributed by atoms with Gasteiger partial charge in [-0.25, -0.2) is 38.4 Å². The van der Waals surface area contributed by atoms with Crippen molar-refractivity contribution in [2.45, 2.75) is 155 Å². The van der Waals surface area contributed by atoms with Crippen LogP contribution in [0.5, 0.6) is 17.2 Å². The molecule has 33 nitrogen and oxygen atoms in total. The number of aliphatic hydroxyl groups is 1. The molecule has 11 rings (SSSR count). The molecule has 0 radical (unpaired) electrons. The largest absolute Gasteiger partial charge is 0.516 e. The molecule has 0 aliphatic heterocycles. The highest BCUT2D eigenvalue weighted by Crippen LogP contribution is 2.23. The van der Waals surface area contributed by atoms with Crippen LogP contribution < -0.4 is 46.6 Å². The van der Waals surface area contributed by atoms with E-state index in [0.29, 0.717) is 31.1 Å². The minimum absolute atomic E-state index is 0.00333. The first-order chi connectivity index (χ1) is 67.0. The SMILES string of the molecule is CCOC(=O)OC(=O)CCC(NC(=O)OCc1ccccc1)C(=O)OCc1ccccc1.CO.ClNCc1ccccc1OCc1ccccc1.NC(CCC(=O)NCc1ccccc1O)C(=O)O.O=C(CCC(NC(=O)OCc1ccccc1)C(=O)OCc1ccccc1)NCc1ccccc1OCc1ccccc1.O=C(O)CCC(NC(=O)OCc1ccccc1)C(=O)OCc1ccccc1. The summed E-state index contributed by atoms with van der Waals surface area (Å²) in [7, 11) is 1.00. The van der Waals surface area contributed by atoms with Crippen LogP contribution in [0.1, 0.15) is 119 Å². The van der Waals surface area contributed by atoms with Gasteiger partial charge in [0, 0.05) is 69.1 Å². The molecule has 4 atom stereocenters. The summed E-state index contributed by atoms with van der Waals surface area (Å²) in [6.07, 6.45) is -4.30. The summed E-state index contributed by atoms with van der Waals surface area (Å²) in [5, 5.41) is 46.7. The quantitative estimate of drug-likeness (QED) is 0.00731. The number of esters is 4. The molecule has 0 heterocycles. The fraction of sp³-hybridized carbons (Fsp3) is 0.250. The number of alkyl carbamates (subject to hydrolysis) is 3. The Balaban J connectivity index is 0.000000273. The van der Waals surface area contributed by atoms with Gasteiger partial charge in [0.1, 0.15) is 94.3 Å². The maximum Gasteiger partial charge on any atom is 0.516 e. The molecule has 0 bridgehead atoms. The highest BCUT2D eigenvalue weighted by atomic mass is 35.5. The normalized spacial score (nSPS) is 11.0. The van der Waals surface area contributed by atoms with Gasteiger partial charge in [0.05, 0.1) is 6.61 Å². The Bertz CT molecular complexity index is 5440. The third kappa shape index (κ3) is 47.6. The number of aliphatic carboxylic acids is 2. The van der Waals surface area contributed by atoms with Crippen LogP contribution in [-0.4, -0.2) is 130 Å². The molecule has 0 aliphatic carbocycles. The summed E-state index contributed by atoms with van der Waals surface area (Å²) in [5.74, 6) is -4.14. The van der Waals surface area contributed by atoms with Crippen molar-refractivity contribution in [1.82, 2.24) is 31.4 Å². The van der Waals surface area contributed by atoms with E-state index < -0.39 is 84.4 Å². The van der Waals surface area contributed by atoms with E-state index in [-0.39, 0.29) is 128 Å². The van der Waals surface area contributed by atoms with Crippen LogP contribution in [0.15, 0.2) is 315 Å². The number of phenols is 1. The fourth-order valence-electron chi connectivity index (χ4n) is 11.8. The van der Waals surface area contributed by atoms with Crippen LogP contribution in [0, 0.1) is 0 Å². The van der Waals surface area contributed by atoms with E-state index in [1.54, 1.807) is 97.9 Å². The molecule has 0 saturated carbocycles. The molecule has 728 valence electrons. The van der Waals surface area contributed by atoms with Crippen molar-refractivity contribution < 1.29 is 125 Å². The molecule has 0 saturated heterocycles. The maximum absolute atomic E-state index is 12.9. The van der Waals surface area contributed by atoms with E-state index in [1.165, 1.54) is 6.07 Å². The Morgan fingerprint density at radius 3 is 0.920 bits per heavy atom. The molecular weight excluding hydrogens is 1800 g/mol. The van der Waals surface area contributed by atoms with Crippen LogP contribution in [0.2, 0.25) is 0 Å². The second-order valence-corrected chi connectivity index (χ2v) is 29.7. The number of para-hydroxylation sites is 3. The second kappa shape index (κ2) is 66.4. The molecule has 0 fully saturated rings. The van der Waals surface area contributed by atoms with Gasteiger partial charge in [0.25, 0.3) is 0 Å². The Morgan fingerprint density at radius 2 is 0.601 bits per heavy atom. The van der Waals surface area contributed by atoms with Crippen molar-refractivity contribution in [3.63, 3.8) is 0 Å². The predicted octanol–water partition coefficient (Wildman–Crippen LogP) is 15.4. The maximum atomic E-state index is 12.9. The minimum atomic E-state index is -1.18. The van der Waals surface area contributed by atoms with Gasteiger partial charge in [-0.05, 0) is 107 Å². The lowest BCUT2D eigenvalue weighted by Gasteiger charge is -2.18. The van der Waals surface area contributed by atoms with Gasteiger partial charge >= 0.3 is 60.3 Å². The zero-order valence-corrected chi connectivity index (χ0v) is 77.0. The molecule has 0 aliphatic rings. The number of phenolic OH excluding ortho intramolecular Hbond substituents is 1. The van der Waals surface area contributed by atoms with Crippen molar-refractivity contribution in [2.24, 2.45) is 5.73 Å². The molecule has 11 aromatic carbocycles. The number of benzene rings is 11. The Hall–Kier alpha value is -16.0. The van der Waals surface area contributed by atoms with Gasteiger partial charge in [0.15, 0.2) is 0 Å². The van der Waals surface area contributed by atoms with Gasteiger partial charge in [-0.3, -0.25) is 24.0 Å². The van der Waals surface area contributed by atoms with Crippen molar-refractivity contribution in [3.05, 3.63) is 377 Å². The number of aliphatic hydroxyl groups excluding tert-OH is 1. The number of aromatic hydroxyl groups is 1. The van der Waals surface area contributed by atoms with Crippen LogP contribution in [-0.2, 0) is 149 Å². The lowest BCUT2D eigenvalue weighted by molar-refractivity contribution is -0.149. The Labute approximate surface area is 804 Å². The second-order valence-electron chi connectivity index (χ2n) is 29.5. The molecule has 0 spiro atoms. The number of carboxylic acids is 2.